The number of hydrogen-bond acceptors (Lipinski definition) is 2. The van der Waals surface area contributed by atoms with Crippen LogP contribution in [-0.2, 0) is 22.4 Å². The Bertz CT molecular complexity index is 605. The van der Waals surface area contributed by atoms with Crippen LogP contribution in [0, 0.1) is 11.8 Å². The highest BCUT2D eigenvalue weighted by Crippen LogP contribution is 2.37. The first-order chi connectivity index (χ1) is 13.3. The largest absolute Gasteiger partial charge is 0.413 e. The first kappa shape index (κ1) is 25.0. The van der Waals surface area contributed by atoms with Gasteiger partial charge in [-0.05, 0) is 35.7 Å². The van der Waals surface area contributed by atoms with Gasteiger partial charge in [0.15, 0.2) is 8.32 Å². The fourth-order valence-electron chi connectivity index (χ4n) is 2.64. The van der Waals surface area contributed by atoms with Gasteiger partial charge in [0.05, 0.1) is 13.2 Å². The third-order valence-electron chi connectivity index (χ3n) is 5.62. The minimum atomic E-state index is -1.71. The summed E-state index contributed by atoms with van der Waals surface area (Å²) in [5.74, 6) is 6.38. The van der Waals surface area contributed by atoms with Crippen molar-refractivity contribution >= 4 is 8.32 Å². The number of benzene rings is 1. The quantitative estimate of drug-likeness (QED) is 0.205. The molecule has 0 N–H and O–H groups in total. The van der Waals surface area contributed by atoms with Gasteiger partial charge in [0.2, 0.25) is 0 Å². The Morgan fingerprint density at radius 1 is 0.893 bits per heavy atom. The van der Waals surface area contributed by atoms with Gasteiger partial charge >= 0.3 is 0 Å². The molecule has 28 heavy (non-hydrogen) atoms. The van der Waals surface area contributed by atoms with E-state index >= 15 is 0 Å². The molecule has 1 aromatic rings. The molecule has 2 nitrogen and oxygen atoms in total. The van der Waals surface area contributed by atoms with Gasteiger partial charge in [-0.15, -0.1) is 5.92 Å². The van der Waals surface area contributed by atoms with Crippen LogP contribution in [0.15, 0.2) is 24.3 Å². The van der Waals surface area contributed by atoms with Gasteiger partial charge in [-0.3, -0.25) is 0 Å². The lowest BCUT2D eigenvalue weighted by atomic mass is 10.1. The Morgan fingerprint density at radius 3 is 2.21 bits per heavy atom. The van der Waals surface area contributed by atoms with Crippen LogP contribution < -0.4 is 0 Å². The Kier molecular flexibility index (Phi) is 11.8. The fraction of sp³-hybridized carbons (Fsp3) is 0.680. The molecule has 0 aliphatic carbocycles. The fourth-order valence-corrected chi connectivity index (χ4v) is 3.60. The van der Waals surface area contributed by atoms with Crippen molar-refractivity contribution in [2.75, 3.05) is 6.61 Å². The van der Waals surface area contributed by atoms with Crippen molar-refractivity contribution in [2.45, 2.75) is 104 Å². The molecule has 0 atom stereocenters. The molecule has 1 aromatic carbocycles. The standard InChI is InChI=1S/C25H42O2Si/c1-7-8-9-10-11-12-13-14-15-19-26-21-23-17-16-18-24(20-23)22-27-28(5,6)25(2,3)4/h16-18,20H,7-13,19,21-22H2,1-6H3. The van der Waals surface area contributed by atoms with Crippen LogP contribution in [0.1, 0.15) is 83.8 Å². The lowest BCUT2D eigenvalue weighted by Gasteiger charge is -2.36. The molecule has 3 heteroatoms. The predicted octanol–water partition coefficient (Wildman–Crippen LogP) is 7.48. The van der Waals surface area contributed by atoms with Gasteiger partial charge in [0.1, 0.15) is 6.61 Å². The highest BCUT2D eigenvalue weighted by atomic mass is 28.4. The van der Waals surface area contributed by atoms with Crippen molar-refractivity contribution in [1.82, 2.24) is 0 Å². The molecule has 0 aromatic heterocycles. The molecule has 0 saturated carbocycles. The van der Waals surface area contributed by atoms with Crippen molar-refractivity contribution < 1.29 is 9.16 Å². The Labute approximate surface area is 175 Å². The second kappa shape index (κ2) is 13.2. The highest BCUT2D eigenvalue weighted by molar-refractivity contribution is 6.74. The van der Waals surface area contributed by atoms with Crippen LogP contribution in [0.4, 0.5) is 0 Å². The molecule has 0 aliphatic heterocycles. The van der Waals surface area contributed by atoms with E-state index in [1.807, 2.05) is 0 Å². The smallest absolute Gasteiger partial charge is 0.192 e. The first-order valence-corrected chi connectivity index (χ1v) is 13.9. The van der Waals surface area contributed by atoms with E-state index in [-0.39, 0.29) is 5.04 Å². The average Bonchev–Trinajstić information content (AvgIpc) is 2.64. The van der Waals surface area contributed by atoms with Crippen LogP contribution in [-0.4, -0.2) is 14.9 Å². The summed E-state index contributed by atoms with van der Waals surface area (Å²) in [5.41, 5.74) is 2.41. The van der Waals surface area contributed by atoms with Crippen molar-refractivity contribution in [3.05, 3.63) is 35.4 Å². The van der Waals surface area contributed by atoms with E-state index in [0.29, 0.717) is 19.8 Å². The summed E-state index contributed by atoms with van der Waals surface area (Å²) in [7, 11) is -1.71. The average molecular weight is 403 g/mol. The minimum absolute atomic E-state index is 0.238. The Hall–Kier alpha value is -1.08. The zero-order chi connectivity index (χ0) is 20.9. The topological polar surface area (TPSA) is 18.5 Å². The summed E-state index contributed by atoms with van der Waals surface area (Å²) < 4.78 is 12.1. The van der Waals surface area contributed by atoms with Crippen LogP contribution in [0.5, 0.6) is 0 Å². The third-order valence-corrected chi connectivity index (χ3v) is 10.1. The molecule has 0 aliphatic rings. The van der Waals surface area contributed by atoms with Gasteiger partial charge < -0.3 is 9.16 Å². The molecular formula is C25H42O2Si. The zero-order valence-corrected chi connectivity index (χ0v) is 20.2. The van der Waals surface area contributed by atoms with Crippen molar-refractivity contribution in [1.29, 1.82) is 0 Å². The molecular weight excluding hydrogens is 360 g/mol. The van der Waals surface area contributed by atoms with E-state index in [1.165, 1.54) is 49.7 Å². The van der Waals surface area contributed by atoms with Gasteiger partial charge in [-0.2, -0.15) is 0 Å². The van der Waals surface area contributed by atoms with E-state index in [1.54, 1.807) is 0 Å². The molecule has 0 fully saturated rings. The van der Waals surface area contributed by atoms with Gasteiger partial charge in [-0.1, -0.05) is 90.0 Å². The van der Waals surface area contributed by atoms with Gasteiger partial charge in [-0.25, -0.2) is 0 Å². The number of ether oxygens (including phenoxy) is 1. The Balaban J connectivity index is 2.26. The van der Waals surface area contributed by atoms with Crippen LogP contribution in [0.2, 0.25) is 18.1 Å². The zero-order valence-electron chi connectivity index (χ0n) is 19.2. The molecule has 0 amide bonds. The molecule has 0 saturated heterocycles. The van der Waals surface area contributed by atoms with E-state index in [0.717, 1.165) is 6.42 Å². The predicted molar refractivity (Wildman–Crippen MR) is 124 cm³/mol. The summed E-state index contributed by atoms with van der Waals surface area (Å²) in [5, 5.41) is 0.238. The van der Waals surface area contributed by atoms with Gasteiger partial charge in [0.25, 0.3) is 0 Å². The molecule has 0 bridgehead atoms. The minimum Gasteiger partial charge on any atom is -0.413 e. The van der Waals surface area contributed by atoms with Gasteiger partial charge in [0, 0.05) is 6.42 Å². The normalized spacial score (nSPS) is 11.9. The van der Waals surface area contributed by atoms with Crippen LogP contribution >= 0.6 is 0 Å². The molecule has 0 spiro atoms. The van der Waals surface area contributed by atoms with E-state index in [2.05, 4.69) is 76.9 Å². The SMILES string of the molecule is CCCCCCCCC#CCOCc1cccc(CO[Si](C)(C)C(C)(C)C)c1. The molecule has 158 valence electrons. The molecule has 0 radical (unpaired) electrons. The summed E-state index contributed by atoms with van der Waals surface area (Å²) in [6.45, 7) is 15.5. The maximum Gasteiger partial charge on any atom is 0.192 e. The molecule has 0 unspecified atom stereocenters. The van der Waals surface area contributed by atoms with E-state index in [9.17, 15) is 0 Å². The first-order valence-electron chi connectivity index (χ1n) is 11.0. The van der Waals surface area contributed by atoms with E-state index < -0.39 is 8.32 Å². The summed E-state index contributed by atoms with van der Waals surface area (Å²) in [6.07, 6.45) is 8.91. The molecule has 0 heterocycles. The second-order valence-corrected chi connectivity index (χ2v) is 14.0. The van der Waals surface area contributed by atoms with Crippen molar-refractivity contribution in [3.63, 3.8) is 0 Å². The lowest BCUT2D eigenvalue weighted by molar-refractivity contribution is 0.153. The maximum absolute atomic E-state index is 6.32. The summed E-state index contributed by atoms with van der Waals surface area (Å²) in [4.78, 5) is 0. The number of hydrogen-bond donors (Lipinski definition) is 0. The van der Waals surface area contributed by atoms with Crippen molar-refractivity contribution in [2.24, 2.45) is 0 Å². The number of rotatable bonds is 12. The monoisotopic (exact) mass is 402 g/mol. The summed E-state index contributed by atoms with van der Waals surface area (Å²) >= 11 is 0. The second-order valence-electron chi connectivity index (χ2n) is 9.23. The maximum atomic E-state index is 6.32. The van der Waals surface area contributed by atoms with Crippen LogP contribution in [0.25, 0.3) is 0 Å². The number of unbranched alkanes of at least 4 members (excludes halogenated alkanes) is 6. The lowest BCUT2D eigenvalue weighted by Crippen LogP contribution is -2.40. The van der Waals surface area contributed by atoms with Crippen LogP contribution in [0.3, 0.4) is 0 Å². The highest BCUT2D eigenvalue weighted by Gasteiger charge is 2.36. The van der Waals surface area contributed by atoms with Crippen molar-refractivity contribution in [3.8, 4) is 11.8 Å². The third kappa shape index (κ3) is 10.5. The Morgan fingerprint density at radius 2 is 1.54 bits per heavy atom. The molecule has 1 rings (SSSR count). The summed E-state index contributed by atoms with van der Waals surface area (Å²) in [6, 6.07) is 8.53. The van der Waals surface area contributed by atoms with E-state index in [4.69, 9.17) is 9.16 Å².